The van der Waals surface area contributed by atoms with Crippen LogP contribution in [0.3, 0.4) is 0 Å². The molecule has 1 saturated carbocycles. The van der Waals surface area contributed by atoms with E-state index in [2.05, 4.69) is 45.5 Å². The van der Waals surface area contributed by atoms with E-state index in [4.69, 9.17) is 4.52 Å². The Hall–Kier alpha value is -2.47. The average Bonchev–Trinajstić information content (AvgIpc) is 3.17. The van der Waals surface area contributed by atoms with Gasteiger partial charge >= 0.3 is 0 Å². The van der Waals surface area contributed by atoms with Crippen LogP contribution in [0.1, 0.15) is 25.7 Å². The Morgan fingerprint density at radius 1 is 1.08 bits per heavy atom. The summed E-state index contributed by atoms with van der Waals surface area (Å²) in [4.78, 5) is 11.2. The number of benzene rings is 1. The van der Waals surface area contributed by atoms with Gasteiger partial charge in [0.25, 0.3) is 0 Å². The maximum atomic E-state index is 4.96. The second kappa shape index (κ2) is 6.80. The summed E-state index contributed by atoms with van der Waals surface area (Å²) in [6, 6.07) is 7.32. The van der Waals surface area contributed by atoms with Gasteiger partial charge in [-0.05, 0) is 57.5 Å². The summed E-state index contributed by atoms with van der Waals surface area (Å²) in [6.07, 6.45) is 9.79. The highest BCUT2D eigenvalue weighted by atomic mass is 16.5. The van der Waals surface area contributed by atoms with Crippen molar-refractivity contribution in [2.24, 2.45) is 0 Å². The standard InChI is InChI=1S/C19H23N5O/c1-24(2)16-6-4-15(5-7-16)23-19-17-9-13(14-10-22-25-11-14)3-8-18(17)20-12-21-19/h3,8-12,15-16H,4-7H2,1-2H3,(H,20,21,23)/t15-,16-. The summed E-state index contributed by atoms with van der Waals surface area (Å²) in [6.45, 7) is 0. The number of nitrogens with one attached hydrogen (secondary N) is 1. The number of hydrogen-bond acceptors (Lipinski definition) is 6. The molecule has 0 spiro atoms. The molecule has 0 saturated heterocycles. The lowest BCUT2D eigenvalue weighted by molar-refractivity contribution is 0.221. The van der Waals surface area contributed by atoms with Gasteiger partial charge in [-0.15, -0.1) is 0 Å². The molecule has 4 rings (SSSR count). The molecule has 0 amide bonds. The van der Waals surface area contributed by atoms with Crippen LogP contribution in [-0.4, -0.2) is 46.2 Å². The molecule has 1 N–H and O–H groups in total. The zero-order valence-corrected chi connectivity index (χ0v) is 14.6. The van der Waals surface area contributed by atoms with Crippen molar-refractivity contribution in [3.05, 3.63) is 37.0 Å². The van der Waals surface area contributed by atoms with Crippen molar-refractivity contribution >= 4 is 16.7 Å². The molecule has 1 fully saturated rings. The van der Waals surface area contributed by atoms with Crippen molar-refractivity contribution in [1.29, 1.82) is 0 Å². The molecule has 0 bridgehead atoms. The van der Waals surface area contributed by atoms with Gasteiger partial charge < -0.3 is 14.7 Å². The minimum atomic E-state index is 0.466. The number of anilines is 1. The second-order valence-electron chi connectivity index (χ2n) is 6.98. The van der Waals surface area contributed by atoms with Gasteiger partial charge in [0.2, 0.25) is 0 Å². The number of fused-ring (bicyclic) bond motifs is 1. The molecule has 25 heavy (non-hydrogen) atoms. The lowest BCUT2D eigenvalue weighted by Crippen LogP contribution is -2.36. The van der Waals surface area contributed by atoms with E-state index in [0.29, 0.717) is 12.1 Å². The SMILES string of the molecule is CN(C)[C@H]1CC[C@H](Nc2ncnc3ccc(-c4cnoc4)cc23)CC1. The van der Waals surface area contributed by atoms with Gasteiger partial charge in [-0.2, -0.15) is 0 Å². The van der Waals surface area contributed by atoms with Crippen LogP contribution in [0.15, 0.2) is 41.5 Å². The Kier molecular flexibility index (Phi) is 4.36. The number of aromatic nitrogens is 3. The first kappa shape index (κ1) is 16.0. The Morgan fingerprint density at radius 3 is 2.64 bits per heavy atom. The van der Waals surface area contributed by atoms with Crippen LogP contribution in [0.5, 0.6) is 0 Å². The summed E-state index contributed by atoms with van der Waals surface area (Å²) < 4.78 is 4.96. The fraction of sp³-hybridized carbons (Fsp3) is 0.421. The molecule has 6 nitrogen and oxygen atoms in total. The van der Waals surface area contributed by atoms with Crippen molar-refractivity contribution in [2.45, 2.75) is 37.8 Å². The van der Waals surface area contributed by atoms with E-state index in [-0.39, 0.29) is 0 Å². The van der Waals surface area contributed by atoms with Gasteiger partial charge in [-0.25, -0.2) is 9.97 Å². The lowest BCUT2D eigenvalue weighted by Gasteiger charge is -2.33. The summed E-state index contributed by atoms with van der Waals surface area (Å²) in [7, 11) is 4.34. The first-order valence-electron chi connectivity index (χ1n) is 8.78. The van der Waals surface area contributed by atoms with Gasteiger partial charge in [-0.1, -0.05) is 11.2 Å². The van der Waals surface area contributed by atoms with E-state index in [1.165, 1.54) is 25.7 Å². The van der Waals surface area contributed by atoms with Crippen LogP contribution in [0.25, 0.3) is 22.0 Å². The first-order chi connectivity index (χ1) is 12.2. The van der Waals surface area contributed by atoms with E-state index in [0.717, 1.165) is 27.8 Å². The summed E-state index contributed by atoms with van der Waals surface area (Å²) >= 11 is 0. The van der Waals surface area contributed by atoms with Crippen molar-refractivity contribution in [2.75, 3.05) is 19.4 Å². The van der Waals surface area contributed by atoms with Crippen LogP contribution in [0, 0.1) is 0 Å². The Balaban J connectivity index is 1.58. The zero-order chi connectivity index (χ0) is 17.2. The predicted octanol–water partition coefficient (Wildman–Crippen LogP) is 3.57. The molecule has 0 atom stereocenters. The smallest absolute Gasteiger partial charge is 0.137 e. The van der Waals surface area contributed by atoms with Crippen molar-refractivity contribution in [3.8, 4) is 11.1 Å². The summed E-state index contributed by atoms with van der Waals surface area (Å²) in [5.74, 6) is 0.914. The van der Waals surface area contributed by atoms with Crippen LogP contribution >= 0.6 is 0 Å². The number of nitrogens with zero attached hydrogens (tertiary/aromatic N) is 4. The molecule has 130 valence electrons. The third-order valence-electron chi connectivity index (χ3n) is 5.17. The highest BCUT2D eigenvalue weighted by Crippen LogP contribution is 2.29. The van der Waals surface area contributed by atoms with Crippen LogP contribution in [0.4, 0.5) is 5.82 Å². The summed E-state index contributed by atoms with van der Waals surface area (Å²) in [5, 5.41) is 8.48. The molecular formula is C19H23N5O. The fourth-order valence-corrected chi connectivity index (χ4v) is 3.63. The molecule has 0 radical (unpaired) electrons. The quantitative estimate of drug-likeness (QED) is 0.785. The van der Waals surface area contributed by atoms with E-state index < -0.39 is 0 Å². The average molecular weight is 337 g/mol. The van der Waals surface area contributed by atoms with Crippen molar-refractivity contribution in [3.63, 3.8) is 0 Å². The predicted molar refractivity (Wildman–Crippen MR) is 98.4 cm³/mol. The molecule has 6 heteroatoms. The molecule has 3 aromatic rings. The van der Waals surface area contributed by atoms with Gasteiger partial charge in [0.05, 0.1) is 11.7 Å². The van der Waals surface area contributed by atoms with E-state index >= 15 is 0 Å². The maximum Gasteiger partial charge on any atom is 0.137 e. The van der Waals surface area contributed by atoms with Gasteiger partial charge in [0.15, 0.2) is 0 Å². The van der Waals surface area contributed by atoms with Gasteiger partial charge in [0, 0.05) is 23.0 Å². The van der Waals surface area contributed by atoms with Crippen LogP contribution in [0.2, 0.25) is 0 Å². The van der Waals surface area contributed by atoms with E-state index in [9.17, 15) is 0 Å². The second-order valence-corrected chi connectivity index (χ2v) is 6.98. The van der Waals surface area contributed by atoms with Crippen LogP contribution < -0.4 is 5.32 Å². The third-order valence-corrected chi connectivity index (χ3v) is 5.17. The van der Waals surface area contributed by atoms with E-state index in [1.54, 1.807) is 18.8 Å². The molecular weight excluding hydrogens is 314 g/mol. The topological polar surface area (TPSA) is 67.1 Å². The first-order valence-corrected chi connectivity index (χ1v) is 8.78. The molecule has 0 unspecified atom stereocenters. The van der Waals surface area contributed by atoms with Gasteiger partial charge in [0.1, 0.15) is 18.4 Å². The van der Waals surface area contributed by atoms with Crippen molar-refractivity contribution < 1.29 is 4.52 Å². The minimum absolute atomic E-state index is 0.466. The maximum absolute atomic E-state index is 4.96. The monoisotopic (exact) mass is 337 g/mol. The van der Waals surface area contributed by atoms with Crippen LogP contribution in [-0.2, 0) is 0 Å². The highest BCUT2D eigenvalue weighted by molar-refractivity contribution is 5.92. The molecule has 2 aromatic heterocycles. The molecule has 1 aliphatic rings. The number of rotatable bonds is 4. The van der Waals surface area contributed by atoms with E-state index in [1.807, 2.05) is 12.1 Å². The van der Waals surface area contributed by atoms with Crippen molar-refractivity contribution in [1.82, 2.24) is 20.0 Å². The molecule has 2 heterocycles. The number of hydrogen-bond donors (Lipinski definition) is 1. The lowest BCUT2D eigenvalue weighted by atomic mass is 9.90. The molecule has 1 aliphatic carbocycles. The minimum Gasteiger partial charge on any atom is -0.367 e. The normalized spacial score (nSPS) is 20.9. The Bertz CT molecular complexity index is 838. The highest BCUT2D eigenvalue weighted by Gasteiger charge is 2.23. The summed E-state index contributed by atoms with van der Waals surface area (Å²) in [5.41, 5.74) is 2.96. The largest absolute Gasteiger partial charge is 0.367 e. The Morgan fingerprint density at radius 2 is 1.92 bits per heavy atom. The third kappa shape index (κ3) is 3.35. The Labute approximate surface area is 147 Å². The fourth-order valence-electron chi connectivity index (χ4n) is 3.63. The molecule has 0 aliphatic heterocycles. The zero-order valence-electron chi connectivity index (χ0n) is 14.6. The molecule has 1 aromatic carbocycles. The van der Waals surface area contributed by atoms with Gasteiger partial charge in [-0.3, -0.25) is 0 Å².